The van der Waals surface area contributed by atoms with E-state index in [0.29, 0.717) is 6.61 Å². The molecule has 14 heavy (non-hydrogen) atoms. The SMILES string of the molecule is CCCCOC(=O)COC(C)(C)CC. The Labute approximate surface area is 86.8 Å². The van der Waals surface area contributed by atoms with Crippen molar-refractivity contribution in [2.75, 3.05) is 13.2 Å². The summed E-state index contributed by atoms with van der Waals surface area (Å²) in [5, 5.41) is 0. The van der Waals surface area contributed by atoms with Crippen LogP contribution in [0.3, 0.4) is 0 Å². The van der Waals surface area contributed by atoms with E-state index < -0.39 is 0 Å². The number of carbonyl (C=O) groups excluding carboxylic acids is 1. The van der Waals surface area contributed by atoms with Gasteiger partial charge in [-0.1, -0.05) is 20.3 Å². The van der Waals surface area contributed by atoms with Gasteiger partial charge in [-0.15, -0.1) is 0 Å². The minimum Gasteiger partial charge on any atom is -0.464 e. The van der Waals surface area contributed by atoms with Crippen LogP contribution in [-0.2, 0) is 14.3 Å². The molecular formula is C11H22O3. The third-order valence-corrected chi connectivity index (χ3v) is 2.19. The van der Waals surface area contributed by atoms with Gasteiger partial charge >= 0.3 is 5.97 Å². The van der Waals surface area contributed by atoms with Gasteiger partial charge in [0.05, 0.1) is 12.2 Å². The average molecular weight is 202 g/mol. The first-order valence-corrected chi connectivity index (χ1v) is 5.31. The molecule has 0 aliphatic carbocycles. The molecule has 0 aliphatic rings. The van der Waals surface area contributed by atoms with Crippen LogP contribution < -0.4 is 0 Å². The van der Waals surface area contributed by atoms with Crippen LogP contribution in [0, 0.1) is 0 Å². The van der Waals surface area contributed by atoms with E-state index in [9.17, 15) is 4.79 Å². The highest BCUT2D eigenvalue weighted by atomic mass is 16.6. The minimum absolute atomic E-state index is 0.0601. The van der Waals surface area contributed by atoms with Crippen molar-refractivity contribution in [1.29, 1.82) is 0 Å². The molecule has 0 unspecified atom stereocenters. The first kappa shape index (κ1) is 13.4. The molecule has 3 heteroatoms. The van der Waals surface area contributed by atoms with Gasteiger partial charge in [0.15, 0.2) is 0 Å². The fourth-order valence-electron chi connectivity index (χ4n) is 0.728. The van der Waals surface area contributed by atoms with Crippen LogP contribution in [0.4, 0.5) is 0 Å². The maximum atomic E-state index is 11.1. The Morgan fingerprint density at radius 2 is 1.93 bits per heavy atom. The number of ether oxygens (including phenoxy) is 2. The van der Waals surface area contributed by atoms with E-state index >= 15 is 0 Å². The quantitative estimate of drug-likeness (QED) is 0.470. The summed E-state index contributed by atoms with van der Waals surface area (Å²) in [5.74, 6) is -0.264. The van der Waals surface area contributed by atoms with Gasteiger partial charge in [-0.25, -0.2) is 4.79 Å². The van der Waals surface area contributed by atoms with Crippen molar-refractivity contribution < 1.29 is 14.3 Å². The average Bonchev–Trinajstić information content (AvgIpc) is 2.16. The third kappa shape index (κ3) is 6.89. The summed E-state index contributed by atoms with van der Waals surface area (Å²) in [7, 11) is 0. The largest absolute Gasteiger partial charge is 0.464 e. The molecule has 0 heterocycles. The molecule has 0 N–H and O–H groups in total. The van der Waals surface area contributed by atoms with Crippen molar-refractivity contribution in [2.45, 2.75) is 52.6 Å². The summed E-state index contributed by atoms with van der Waals surface area (Å²) in [4.78, 5) is 11.1. The van der Waals surface area contributed by atoms with Gasteiger partial charge in [0.25, 0.3) is 0 Å². The Bertz CT molecular complexity index is 164. The molecule has 0 radical (unpaired) electrons. The van der Waals surface area contributed by atoms with Gasteiger partial charge in [0, 0.05) is 0 Å². The number of unbranched alkanes of at least 4 members (excludes halogenated alkanes) is 1. The molecule has 0 fully saturated rings. The lowest BCUT2D eigenvalue weighted by atomic mass is 10.1. The van der Waals surface area contributed by atoms with Crippen molar-refractivity contribution in [3.63, 3.8) is 0 Å². The molecule has 0 bridgehead atoms. The van der Waals surface area contributed by atoms with Crippen LogP contribution >= 0.6 is 0 Å². The van der Waals surface area contributed by atoms with Crippen LogP contribution in [0.25, 0.3) is 0 Å². The van der Waals surface area contributed by atoms with Crippen LogP contribution in [-0.4, -0.2) is 24.8 Å². The molecule has 0 saturated carbocycles. The van der Waals surface area contributed by atoms with Crippen molar-refractivity contribution in [3.05, 3.63) is 0 Å². The predicted octanol–water partition coefficient (Wildman–Crippen LogP) is 2.53. The molecular weight excluding hydrogens is 180 g/mol. The van der Waals surface area contributed by atoms with E-state index in [0.717, 1.165) is 19.3 Å². The normalized spacial score (nSPS) is 11.4. The van der Waals surface area contributed by atoms with Crippen LogP contribution in [0.1, 0.15) is 47.0 Å². The molecule has 0 amide bonds. The zero-order valence-electron chi connectivity index (χ0n) is 9.76. The molecule has 0 rings (SSSR count). The van der Waals surface area contributed by atoms with Gasteiger partial charge < -0.3 is 9.47 Å². The van der Waals surface area contributed by atoms with E-state index in [-0.39, 0.29) is 18.2 Å². The summed E-state index contributed by atoms with van der Waals surface area (Å²) >= 11 is 0. The Balaban J connectivity index is 3.53. The Kier molecular flexibility index (Phi) is 6.54. The lowest BCUT2D eigenvalue weighted by molar-refractivity contribution is -0.154. The van der Waals surface area contributed by atoms with Gasteiger partial charge in [0.2, 0.25) is 0 Å². The summed E-state index contributed by atoms with van der Waals surface area (Å²) < 4.78 is 10.4. The molecule has 0 aromatic carbocycles. The second kappa shape index (κ2) is 6.82. The molecule has 3 nitrogen and oxygen atoms in total. The topological polar surface area (TPSA) is 35.5 Å². The molecule has 84 valence electrons. The van der Waals surface area contributed by atoms with Gasteiger partial charge in [0.1, 0.15) is 6.61 Å². The minimum atomic E-state index is -0.264. The highest BCUT2D eigenvalue weighted by Crippen LogP contribution is 2.12. The van der Waals surface area contributed by atoms with E-state index in [1.807, 2.05) is 20.8 Å². The van der Waals surface area contributed by atoms with E-state index in [1.165, 1.54) is 0 Å². The summed E-state index contributed by atoms with van der Waals surface area (Å²) in [6, 6.07) is 0. The van der Waals surface area contributed by atoms with Crippen LogP contribution in [0.5, 0.6) is 0 Å². The predicted molar refractivity (Wildman–Crippen MR) is 56.2 cm³/mol. The van der Waals surface area contributed by atoms with Crippen molar-refractivity contribution >= 4 is 5.97 Å². The zero-order chi connectivity index (χ0) is 11.0. The Morgan fingerprint density at radius 3 is 2.43 bits per heavy atom. The standard InChI is InChI=1S/C11H22O3/c1-5-7-8-13-10(12)9-14-11(3,4)6-2/h5-9H2,1-4H3. The number of hydrogen-bond donors (Lipinski definition) is 0. The molecule has 0 aromatic heterocycles. The van der Waals surface area contributed by atoms with Crippen LogP contribution in [0.15, 0.2) is 0 Å². The monoisotopic (exact) mass is 202 g/mol. The molecule has 0 aliphatic heterocycles. The lowest BCUT2D eigenvalue weighted by Crippen LogP contribution is -2.27. The highest BCUT2D eigenvalue weighted by molar-refractivity contribution is 5.70. The lowest BCUT2D eigenvalue weighted by Gasteiger charge is -2.22. The van der Waals surface area contributed by atoms with Crippen LogP contribution in [0.2, 0.25) is 0 Å². The van der Waals surface area contributed by atoms with E-state index in [1.54, 1.807) is 0 Å². The fourth-order valence-corrected chi connectivity index (χ4v) is 0.728. The Morgan fingerprint density at radius 1 is 1.29 bits per heavy atom. The maximum Gasteiger partial charge on any atom is 0.332 e. The summed E-state index contributed by atoms with van der Waals surface area (Å²) in [6.07, 6.45) is 2.84. The number of esters is 1. The fraction of sp³-hybridized carbons (Fsp3) is 0.909. The first-order valence-electron chi connectivity index (χ1n) is 5.31. The molecule has 0 saturated heterocycles. The number of carbonyl (C=O) groups is 1. The zero-order valence-corrected chi connectivity index (χ0v) is 9.76. The summed E-state index contributed by atoms with van der Waals surface area (Å²) in [6.45, 7) is 8.58. The van der Waals surface area contributed by atoms with Gasteiger partial charge in [-0.05, 0) is 26.7 Å². The molecule has 0 aromatic rings. The number of hydrogen-bond acceptors (Lipinski definition) is 3. The van der Waals surface area contributed by atoms with E-state index in [4.69, 9.17) is 9.47 Å². The number of rotatable bonds is 7. The van der Waals surface area contributed by atoms with E-state index in [2.05, 4.69) is 6.92 Å². The molecule has 0 atom stereocenters. The van der Waals surface area contributed by atoms with Gasteiger partial charge in [-0.2, -0.15) is 0 Å². The smallest absolute Gasteiger partial charge is 0.332 e. The van der Waals surface area contributed by atoms with Crippen molar-refractivity contribution in [1.82, 2.24) is 0 Å². The first-order chi connectivity index (χ1) is 6.52. The third-order valence-electron chi connectivity index (χ3n) is 2.19. The summed E-state index contributed by atoms with van der Waals surface area (Å²) in [5.41, 5.74) is -0.232. The Hall–Kier alpha value is -0.570. The molecule has 0 spiro atoms. The van der Waals surface area contributed by atoms with Crippen molar-refractivity contribution in [2.24, 2.45) is 0 Å². The van der Waals surface area contributed by atoms with Crippen molar-refractivity contribution in [3.8, 4) is 0 Å². The highest BCUT2D eigenvalue weighted by Gasteiger charge is 2.17. The van der Waals surface area contributed by atoms with Gasteiger partial charge in [-0.3, -0.25) is 0 Å². The second-order valence-electron chi connectivity index (χ2n) is 3.98. The second-order valence-corrected chi connectivity index (χ2v) is 3.98. The maximum absolute atomic E-state index is 11.1.